The lowest BCUT2D eigenvalue weighted by Gasteiger charge is -2.18. The van der Waals surface area contributed by atoms with Crippen LogP contribution in [0.4, 0.5) is 0 Å². The Bertz CT molecular complexity index is 913. The van der Waals surface area contributed by atoms with Gasteiger partial charge >= 0.3 is 0 Å². The second-order valence-electron chi connectivity index (χ2n) is 7.03. The van der Waals surface area contributed by atoms with Crippen molar-refractivity contribution in [2.75, 3.05) is 0 Å². The quantitative estimate of drug-likeness (QED) is 0.728. The van der Waals surface area contributed by atoms with Crippen LogP contribution >= 0.6 is 0 Å². The van der Waals surface area contributed by atoms with E-state index in [1.807, 2.05) is 47.9 Å². The Morgan fingerprint density at radius 1 is 1.22 bits per heavy atom. The van der Waals surface area contributed by atoms with E-state index < -0.39 is 6.10 Å². The Balaban J connectivity index is 1.36. The molecule has 3 aromatic rings. The minimum Gasteiger partial charge on any atom is -0.365 e. The van der Waals surface area contributed by atoms with E-state index in [9.17, 15) is 4.79 Å². The molecule has 0 radical (unpaired) electrons. The number of ether oxygens (including phenoxy) is 1. The van der Waals surface area contributed by atoms with Crippen LogP contribution in [-0.2, 0) is 16.1 Å². The fourth-order valence-corrected chi connectivity index (χ4v) is 3.51. The van der Waals surface area contributed by atoms with Gasteiger partial charge in [-0.3, -0.25) is 9.36 Å². The number of nitrogens with one attached hydrogen (secondary N) is 1. The number of para-hydroxylation sites is 2. The summed E-state index contributed by atoms with van der Waals surface area (Å²) in [5.41, 5.74) is 2.90. The number of imidazole rings is 1. The number of benzene rings is 1. The Kier molecular flexibility index (Phi) is 5.16. The zero-order chi connectivity index (χ0) is 18.6. The minimum atomic E-state index is -0.419. The molecular weight excluding hydrogens is 340 g/mol. The average molecular weight is 364 g/mol. The molecule has 6 nitrogen and oxygen atoms in total. The van der Waals surface area contributed by atoms with Crippen LogP contribution in [0.25, 0.3) is 16.9 Å². The van der Waals surface area contributed by atoms with E-state index in [-0.39, 0.29) is 12.0 Å². The van der Waals surface area contributed by atoms with Crippen LogP contribution in [0, 0.1) is 0 Å². The SMILES string of the molecule is CC(OC1CCCC1)C(=O)NCc1ccc(-n2cnc3ccccc32)nc1. The van der Waals surface area contributed by atoms with Gasteiger partial charge in [-0.25, -0.2) is 9.97 Å². The van der Waals surface area contributed by atoms with E-state index in [0.717, 1.165) is 35.3 Å². The first-order chi connectivity index (χ1) is 13.2. The minimum absolute atomic E-state index is 0.0772. The summed E-state index contributed by atoms with van der Waals surface area (Å²) >= 11 is 0. The van der Waals surface area contributed by atoms with Crippen LogP contribution in [0.1, 0.15) is 38.2 Å². The van der Waals surface area contributed by atoms with Crippen LogP contribution in [0.15, 0.2) is 48.9 Å². The van der Waals surface area contributed by atoms with Gasteiger partial charge < -0.3 is 10.1 Å². The molecule has 4 rings (SSSR count). The maximum atomic E-state index is 12.2. The van der Waals surface area contributed by atoms with Gasteiger partial charge in [0.25, 0.3) is 0 Å². The van der Waals surface area contributed by atoms with Gasteiger partial charge in [0.1, 0.15) is 18.2 Å². The second-order valence-corrected chi connectivity index (χ2v) is 7.03. The first kappa shape index (κ1) is 17.7. The first-order valence-corrected chi connectivity index (χ1v) is 9.51. The number of amides is 1. The van der Waals surface area contributed by atoms with Crippen LogP contribution in [0.5, 0.6) is 0 Å². The molecule has 27 heavy (non-hydrogen) atoms. The van der Waals surface area contributed by atoms with Crippen molar-refractivity contribution in [1.29, 1.82) is 0 Å². The summed E-state index contributed by atoms with van der Waals surface area (Å²) in [6.07, 6.45) is 7.89. The van der Waals surface area contributed by atoms with Crippen molar-refractivity contribution in [3.8, 4) is 5.82 Å². The predicted octanol–water partition coefficient (Wildman–Crippen LogP) is 3.38. The molecule has 1 unspecified atom stereocenters. The molecule has 6 heteroatoms. The number of fused-ring (bicyclic) bond motifs is 1. The lowest BCUT2D eigenvalue weighted by Crippen LogP contribution is -2.36. The third-order valence-corrected chi connectivity index (χ3v) is 5.04. The van der Waals surface area contributed by atoms with Crippen molar-refractivity contribution in [3.63, 3.8) is 0 Å². The highest BCUT2D eigenvalue weighted by Gasteiger charge is 2.21. The highest BCUT2D eigenvalue weighted by atomic mass is 16.5. The summed E-state index contributed by atoms with van der Waals surface area (Å²) in [5.74, 6) is 0.725. The molecule has 140 valence electrons. The smallest absolute Gasteiger partial charge is 0.249 e. The Labute approximate surface area is 158 Å². The molecule has 0 saturated heterocycles. The van der Waals surface area contributed by atoms with Gasteiger partial charge in [-0.1, -0.05) is 31.0 Å². The summed E-state index contributed by atoms with van der Waals surface area (Å²) in [4.78, 5) is 21.1. The van der Waals surface area contributed by atoms with Crippen molar-refractivity contribution < 1.29 is 9.53 Å². The number of hydrogen-bond acceptors (Lipinski definition) is 4. The zero-order valence-electron chi connectivity index (χ0n) is 15.5. The Morgan fingerprint density at radius 3 is 2.81 bits per heavy atom. The van der Waals surface area contributed by atoms with E-state index in [4.69, 9.17) is 4.74 Å². The van der Waals surface area contributed by atoms with Crippen molar-refractivity contribution >= 4 is 16.9 Å². The molecule has 1 aromatic carbocycles. The summed E-state index contributed by atoms with van der Waals surface area (Å²) in [6.45, 7) is 2.26. The normalized spacial score (nSPS) is 15.9. The molecule has 1 aliphatic carbocycles. The van der Waals surface area contributed by atoms with Gasteiger partial charge in [0.2, 0.25) is 5.91 Å². The molecule has 1 aliphatic rings. The van der Waals surface area contributed by atoms with E-state index >= 15 is 0 Å². The summed E-state index contributed by atoms with van der Waals surface area (Å²) in [7, 11) is 0. The van der Waals surface area contributed by atoms with Gasteiger partial charge in [-0.05, 0) is 43.5 Å². The van der Waals surface area contributed by atoms with Crippen molar-refractivity contribution in [2.45, 2.75) is 51.4 Å². The third kappa shape index (κ3) is 4.01. The number of hydrogen-bond donors (Lipinski definition) is 1. The number of rotatable bonds is 6. The molecular formula is C21H24N4O2. The fraction of sp³-hybridized carbons (Fsp3) is 0.381. The number of carbonyl (C=O) groups is 1. The van der Waals surface area contributed by atoms with Gasteiger partial charge in [0.05, 0.1) is 17.1 Å². The van der Waals surface area contributed by atoms with Crippen molar-refractivity contribution in [1.82, 2.24) is 19.9 Å². The summed E-state index contributed by atoms with van der Waals surface area (Å²) in [6, 6.07) is 11.9. The molecule has 2 aromatic heterocycles. The topological polar surface area (TPSA) is 69.0 Å². The van der Waals surface area contributed by atoms with Gasteiger partial charge in [0, 0.05) is 12.7 Å². The predicted molar refractivity (Wildman–Crippen MR) is 104 cm³/mol. The number of pyridine rings is 1. The second kappa shape index (κ2) is 7.88. The summed E-state index contributed by atoms with van der Waals surface area (Å²) in [5, 5.41) is 2.93. The molecule has 1 atom stereocenters. The highest BCUT2D eigenvalue weighted by Crippen LogP contribution is 2.22. The molecule has 0 bridgehead atoms. The van der Waals surface area contributed by atoms with Crippen LogP contribution in [0.2, 0.25) is 0 Å². The van der Waals surface area contributed by atoms with Gasteiger partial charge in [-0.2, -0.15) is 0 Å². The van der Waals surface area contributed by atoms with E-state index in [0.29, 0.717) is 6.54 Å². The van der Waals surface area contributed by atoms with Crippen LogP contribution in [-0.4, -0.2) is 32.7 Å². The maximum absolute atomic E-state index is 12.2. The molecule has 0 spiro atoms. The Hall–Kier alpha value is -2.73. The largest absolute Gasteiger partial charge is 0.365 e. The average Bonchev–Trinajstić information content (AvgIpc) is 3.36. The van der Waals surface area contributed by atoms with Gasteiger partial charge in [0.15, 0.2) is 0 Å². The monoisotopic (exact) mass is 364 g/mol. The third-order valence-electron chi connectivity index (χ3n) is 5.04. The van der Waals surface area contributed by atoms with E-state index in [2.05, 4.69) is 15.3 Å². The van der Waals surface area contributed by atoms with E-state index in [1.54, 1.807) is 12.5 Å². The molecule has 1 amide bonds. The molecule has 1 fully saturated rings. The molecule has 2 heterocycles. The fourth-order valence-electron chi connectivity index (χ4n) is 3.51. The zero-order valence-corrected chi connectivity index (χ0v) is 15.5. The van der Waals surface area contributed by atoms with Gasteiger partial charge in [-0.15, -0.1) is 0 Å². The van der Waals surface area contributed by atoms with Crippen LogP contribution < -0.4 is 5.32 Å². The lowest BCUT2D eigenvalue weighted by atomic mass is 10.2. The van der Waals surface area contributed by atoms with E-state index in [1.165, 1.54) is 12.8 Å². The summed E-state index contributed by atoms with van der Waals surface area (Å²) < 4.78 is 7.79. The standard InChI is InChI=1S/C21H24N4O2/c1-15(27-17-6-2-3-7-17)21(26)23-13-16-10-11-20(22-12-16)25-14-24-18-8-4-5-9-19(18)25/h4-5,8-12,14-15,17H,2-3,6-7,13H2,1H3,(H,23,26). The number of nitrogens with zero attached hydrogens (tertiary/aromatic N) is 3. The molecule has 0 aliphatic heterocycles. The first-order valence-electron chi connectivity index (χ1n) is 9.51. The number of carbonyl (C=O) groups excluding carboxylic acids is 1. The maximum Gasteiger partial charge on any atom is 0.249 e. The highest BCUT2D eigenvalue weighted by molar-refractivity contribution is 5.80. The molecule has 1 saturated carbocycles. The molecule has 1 N–H and O–H groups in total. The number of aromatic nitrogens is 3. The van der Waals surface area contributed by atoms with Crippen LogP contribution in [0.3, 0.4) is 0 Å². The lowest BCUT2D eigenvalue weighted by molar-refractivity contribution is -0.135. The van der Waals surface area contributed by atoms with Crippen molar-refractivity contribution in [2.24, 2.45) is 0 Å². The Morgan fingerprint density at radius 2 is 2.04 bits per heavy atom. The van der Waals surface area contributed by atoms with Crippen molar-refractivity contribution in [3.05, 3.63) is 54.5 Å².